The first-order chi connectivity index (χ1) is 13.0. The van der Waals surface area contributed by atoms with Crippen LogP contribution in [0.2, 0.25) is 5.02 Å². The predicted octanol–water partition coefficient (Wildman–Crippen LogP) is 3.27. The van der Waals surface area contributed by atoms with Gasteiger partial charge in [-0.3, -0.25) is 15.1 Å². The molecule has 0 aromatic carbocycles. The van der Waals surface area contributed by atoms with Crippen molar-refractivity contribution >= 4 is 28.5 Å². The number of fused-ring (bicyclic) bond motifs is 1. The first-order valence-electron chi connectivity index (χ1n) is 7.91. The number of carbonyl (C=O) groups is 1. The number of hydrogen-bond acceptors (Lipinski definition) is 4. The van der Waals surface area contributed by atoms with Gasteiger partial charge in [0.15, 0.2) is 5.82 Å². The number of amides is 1. The molecule has 28 heavy (non-hydrogen) atoms. The number of primary amides is 1. The van der Waals surface area contributed by atoms with Gasteiger partial charge in [-0.15, -0.1) is 0 Å². The molecular weight excluding hydrogens is 402 g/mol. The third-order valence-electron chi connectivity index (χ3n) is 4.36. The molecular formula is C17H14ClF4N5O. The number of pyridine rings is 2. The SMILES string of the molecule is C[C@@](NCC(F)(F)F)(C(N)=O)c1cncc(-c2c[nH]c3ncc(Cl)c(F)c23)c1. The van der Waals surface area contributed by atoms with Crippen molar-refractivity contribution in [1.29, 1.82) is 0 Å². The largest absolute Gasteiger partial charge is 0.401 e. The molecule has 0 spiro atoms. The van der Waals surface area contributed by atoms with Gasteiger partial charge < -0.3 is 10.7 Å². The summed E-state index contributed by atoms with van der Waals surface area (Å²) in [5, 5.41) is 2.03. The summed E-state index contributed by atoms with van der Waals surface area (Å²) in [5.74, 6) is -1.73. The number of hydrogen-bond donors (Lipinski definition) is 3. The molecule has 0 bridgehead atoms. The highest BCUT2D eigenvalue weighted by Gasteiger charge is 2.38. The smallest absolute Gasteiger partial charge is 0.368 e. The normalized spacial score (nSPS) is 14.2. The monoisotopic (exact) mass is 415 g/mol. The number of H-pyrrole nitrogens is 1. The standard InChI is InChI=1S/C17H14ClF4N5O/c1-16(15(23)28,27-7-17(20,21)22)9-2-8(3-24-4-9)10-5-25-14-12(10)13(19)11(18)6-26-14/h2-6,27H,7H2,1H3,(H2,23,28)(H,25,26)/t16-/m0/s1. The summed E-state index contributed by atoms with van der Waals surface area (Å²) in [5.41, 5.74) is 4.49. The lowest BCUT2D eigenvalue weighted by Gasteiger charge is -2.28. The molecule has 3 aromatic heterocycles. The number of carbonyl (C=O) groups excluding carboxylic acids is 1. The Kier molecular flexibility index (Phi) is 5.02. The zero-order valence-corrected chi connectivity index (χ0v) is 15.1. The van der Waals surface area contributed by atoms with Gasteiger partial charge in [0.2, 0.25) is 5.91 Å². The zero-order chi connectivity index (χ0) is 20.7. The van der Waals surface area contributed by atoms with Crippen LogP contribution in [0.5, 0.6) is 0 Å². The minimum Gasteiger partial charge on any atom is -0.368 e. The molecule has 4 N–H and O–H groups in total. The van der Waals surface area contributed by atoms with Gasteiger partial charge in [0.25, 0.3) is 0 Å². The highest BCUT2D eigenvalue weighted by Crippen LogP contribution is 2.34. The summed E-state index contributed by atoms with van der Waals surface area (Å²) < 4.78 is 52.4. The fraction of sp³-hybridized carbons (Fsp3) is 0.235. The number of nitrogens with one attached hydrogen (secondary N) is 2. The van der Waals surface area contributed by atoms with E-state index in [2.05, 4.69) is 20.3 Å². The second kappa shape index (κ2) is 7.02. The predicted molar refractivity (Wildman–Crippen MR) is 94.9 cm³/mol. The molecule has 0 aliphatic rings. The van der Waals surface area contributed by atoms with Gasteiger partial charge in [-0.1, -0.05) is 11.6 Å². The topological polar surface area (TPSA) is 96.7 Å². The lowest BCUT2D eigenvalue weighted by Crippen LogP contribution is -2.53. The molecule has 3 rings (SSSR count). The molecule has 11 heteroatoms. The van der Waals surface area contributed by atoms with E-state index in [1.165, 1.54) is 31.6 Å². The van der Waals surface area contributed by atoms with Gasteiger partial charge in [-0.2, -0.15) is 13.2 Å². The van der Waals surface area contributed by atoms with Crippen LogP contribution >= 0.6 is 11.6 Å². The van der Waals surface area contributed by atoms with Crippen molar-refractivity contribution < 1.29 is 22.4 Å². The van der Waals surface area contributed by atoms with Gasteiger partial charge in [-0.25, -0.2) is 9.37 Å². The molecule has 0 radical (unpaired) electrons. The summed E-state index contributed by atoms with van der Waals surface area (Å²) in [6.45, 7) is -0.214. The maximum Gasteiger partial charge on any atom is 0.401 e. The van der Waals surface area contributed by atoms with Crippen molar-refractivity contribution in [3.8, 4) is 11.1 Å². The zero-order valence-electron chi connectivity index (χ0n) is 14.4. The molecule has 0 fully saturated rings. The third kappa shape index (κ3) is 3.65. The maximum absolute atomic E-state index is 14.5. The van der Waals surface area contributed by atoms with Crippen LogP contribution in [0.4, 0.5) is 17.6 Å². The number of nitrogens with zero attached hydrogens (tertiary/aromatic N) is 2. The third-order valence-corrected chi connectivity index (χ3v) is 4.62. The van der Waals surface area contributed by atoms with Gasteiger partial charge >= 0.3 is 6.18 Å². The second-order valence-electron chi connectivity index (χ2n) is 6.27. The lowest BCUT2D eigenvalue weighted by molar-refractivity contribution is -0.135. The number of aromatic nitrogens is 3. The Morgan fingerprint density at radius 1 is 1.32 bits per heavy atom. The van der Waals surface area contributed by atoms with Crippen LogP contribution < -0.4 is 11.1 Å². The molecule has 0 unspecified atom stereocenters. The Morgan fingerprint density at radius 2 is 2.04 bits per heavy atom. The van der Waals surface area contributed by atoms with E-state index >= 15 is 0 Å². The fourth-order valence-corrected chi connectivity index (χ4v) is 2.87. The molecule has 6 nitrogen and oxygen atoms in total. The van der Waals surface area contributed by atoms with Crippen LogP contribution in [-0.4, -0.2) is 33.6 Å². The molecule has 1 atom stereocenters. The van der Waals surface area contributed by atoms with E-state index in [0.29, 0.717) is 11.1 Å². The lowest BCUT2D eigenvalue weighted by atomic mass is 9.90. The molecule has 3 heterocycles. The van der Waals surface area contributed by atoms with Crippen molar-refractivity contribution in [2.45, 2.75) is 18.6 Å². The maximum atomic E-state index is 14.5. The van der Waals surface area contributed by atoms with E-state index in [0.717, 1.165) is 6.20 Å². The van der Waals surface area contributed by atoms with Crippen LogP contribution in [0.15, 0.2) is 30.9 Å². The first-order valence-corrected chi connectivity index (χ1v) is 8.29. The van der Waals surface area contributed by atoms with Crippen molar-refractivity contribution in [2.24, 2.45) is 5.73 Å². The van der Waals surface area contributed by atoms with Crippen molar-refractivity contribution in [3.63, 3.8) is 0 Å². The van der Waals surface area contributed by atoms with Crippen LogP contribution in [0.1, 0.15) is 12.5 Å². The minimum absolute atomic E-state index is 0.0893. The number of nitrogens with two attached hydrogens (primary N) is 1. The summed E-state index contributed by atoms with van der Waals surface area (Å²) in [7, 11) is 0. The Balaban J connectivity index is 2.09. The van der Waals surface area contributed by atoms with E-state index in [1.54, 1.807) is 0 Å². The van der Waals surface area contributed by atoms with E-state index < -0.39 is 30.0 Å². The van der Waals surface area contributed by atoms with Crippen LogP contribution in [0.3, 0.4) is 0 Å². The Hall–Kier alpha value is -2.72. The summed E-state index contributed by atoms with van der Waals surface area (Å²) in [6.07, 6.45) is 0.651. The highest BCUT2D eigenvalue weighted by atomic mass is 35.5. The molecule has 0 saturated heterocycles. The van der Waals surface area contributed by atoms with E-state index in [4.69, 9.17) is 17.3 Å². The number of alkyl halides is 3. The summed E-state index contributed by atoms with van der Waals surface area (Å²) in [6, 6.07) is 1.41. The summed E-state index contributed by atoms with van der Waals surface area (Å²) >= 11 is 5.79. The van der Waals surface area contributed by atoms with Crippen LogP contribution in [0, 0.1) is 5.82 Å². The number of halogens is 5. The van der Waals surface area contributed by atoms with Gasteiger partial charge in [-0.05, 0) is 13.0 Å². The average Bonchev–Trinajstić information content (AvgIpc) is 3.07. The van der Waals surface area contributed by atoms with Gasteiger partial charge in [0, 0.05) is 35.3 Å². The van der Waals surface area contributed by atoms with E-state index in [1.807, 2.05) is 0 Å². The van der Waals surface area contributed by atoms with Crippen molar-refractivity contribution in [2.75, 3.05) is 6.54 Å². The fourth-order valence-electron chi connectivity index (χ4n) is 2.73. The molecule has 0 aliphatic carbocycles. The molecule has 1 amide bonds. The average molecular weight is 416 g/mol. The van der Waals surface area contributed by atoms with E-state index in [9.17, 15) is 22.4 Å². The Morgan fingerprint density at radius 3 is 2.68 bits per heavy atom. The molecule has 0 aliphatic heterocycles. The Bertz CT molecular complexity index is 1050. The second-order valence-corrected chi connectivity index (χ2v) is 6.67. The quantitative estimate of drug-likeness (QED) is 0.557. The van der Waals surface area contributed by atoms with Crippen molar-refractivity contribution in [1.82, 2.24) is 20.3 Å². The van der Waals surface area contributed by atoms with Gasteiger partial charge in [0.1, 0.15) is 11.2 Å². The van der Waals surface area contributed by atoms with Crippen LogP contribution in [-0.2, 0) is 10.3 Å². The number of rotatable bonds is 5. The van der Waals surface area contributed by atoms with Crippen LogP contribution in [0.25, 0.3) is 22.2 Å². The Labute approximate surface area is 161 Å². The first kappa shape index (κ1) is 20.0. The molecule has 0 saturated carbocycles. The van der Waals surface area contributed by atoms with E-state index in [-0.39, 0.29) is 21.6 Å². The molecule has 3 aromatic rings. The summed E-state index contributed by atoms with van der Waals surface area (Å²) in [4.78, 5) is 22.7. The minimum atomic E-state index is -4.55. The highest BCUT2D eigenvalue weighted by molar-refractivity contribution is 6.31. The molecule has 148 valence electrons. The number of aromatic amines is 1. The van der Waals surface area contributed by atoms with Gasteiger partial charge in [0.05, 0.1) is 23.2 Å². The van der Waals surface area contributed by atoms with Crippen molar-refractivity contribution in [3.05, 3.63) is 47.3 Å².